The fraction of sp³-hybridized carbons (Fsp3) is 0.562. The van der Waals surface area contributed by atoms with Crippen molar-refractivity contribution in [2.45, 2.75) is 38.1 Å². The van der Waals surface area contributed by atoms with Crippen molar-refractivity contribution in [2.24, 2.45) is 5.92 Å². The second-order valence-corrected chi connectivity index (χ2v) is 5.92. The van der Waals surface area contributed by atoms with Gasteiger partial charge in [0.05, 0.1) is 24.9 Å². The lowest BCUT2D eigenvalue weighted by Gasteiger charge is -2.39. The number of hydrogen-bond donors (Lipinski definition) is 3. The fourth-order valence-corrected chi connectivity index (χ4v) is 3.10. The van der Waals surface area contributed by atoms with Crippen molar-refractivity contribution in [3.05, 3.63) is 24.3 Å². The molecule has 5 heteroatoms. The summed E-state index contributed by atoms with van der Waals surface area (Å²) in [6.45, 7) is 2.13. The predicted octanol–water partition coefficient (Wildman–Crippen LogP) is 2.76. The molecule has 0 heterocycles. The van der Waals surface area contributed by atoms with Crippen LogP contribution >= 0.6 is 0 Å². The van der Waals surface area contributed by atoms with E-state index >= 15 is 0 Å². The van der Waals surface area contributed by atoms with Crippen molar-refractivity contribution in [3.63, 3.8) is 0 Å². The van der Waals surface area contributed by atoms with Crippen LogP contribution in [-0.2, 0) is 0 Å². The van der Waals surface area contributed by atoms with E-state index in [1.165, 1.54) is 0 Å². The predicted molar refractivity (Wildman–Crippen MR) is 82.6 cm³/mol. The zero-order chi connectivity index (χ0) is 15.3. The van der Waals surface area contributed by atoms with E-state index < -0.39 is 5.54 Å². The van der Waals surface area contributed by atoms with Gasteiger partial charge in [-0.25, -0.2) is 4.79 Å². The lowest BCUT2D eigenvalue weighted by Crippen LogP contribution is -2.55. The van der Waals surface area contributed by atoms with E-state index in [1.807, 2.05) is 12.1 Å². The van der Waals surface area contributed by atoms with Crippen LogP contribution in [0.15, 0.2) is 24.3 Å². The van der Waals surface area contributed by atoms with Gasteiger partial charge in [0.15, 0.2) is 0 Å². The molecule has 0 spiro atoms. The van der Waals surface area contributed by atoms with E-state index in [1.54, 1.807) is 19.2 Å². The number of ether oxygens (including phenoxy) is 1. The number of benzene rings is 1. The summed E-state index contributed by atoms with van der Waals surface area (Å²) in [4.78, 5) is 12.2. The summed E-state index contributed by atoms with van der Waals surface area (Å²) in [7, 11) is 1.57. The topological polar surface area (TPSA) is 70.6 Å². The molecule has 1 saturated carbocycles. The molecule has 21 heavy (non-hydrogen) atoms. The lowest BCUT2D eigenvalue weighted by atomic mass is 9.77. The minimum atomic E-state index is -0.510. The minimum absolute atomic E-state index is 0.0311. The number of aliphatic hydroxyl groups excluding tert-OH is 1. The first-order chi connectivity index (χ1) is 10.1. The van der Waals surface area contributed by atoms with Gasteiger partial charge in [0.2, 0.25) is 0 Å². The first-order valence-electron chi connectivity index (χ1n) is 7.41. The van der Waals surface area contributed by atoms with Crippen LogP contribution in [0.5, 0.6) is 5.75 Å². The summed E-state index contributed by atoms with van der Waals surface area (Å²) in [5.74, 6) is 1.13. The summed E-state index contributed by atoms with van der Waals surface area (Å²) in [6, 6.07) is 6.96. The Kier molecular flexibility index (Phi) is 5.07. The first kappa shape index (κ1) is 15.6. The molecule has 1 aliphatic carbocycles. The van der Waals surface area contributed by atoms with Gasteiger partial charge in [-0.15, -0.1) is 0 Å². The number of para-hydroxylation sites is 2. The molecule has 2 atom stereocenters. The minimum Gasteiger partial charge on any atom is -0.495 e. The molecule has 3 N–H and O–H groups in total. The molecule has 0 aromatic heterocycles. The molecule has 0 radical (unpaired) electrons. The van der Waals surface area contributed by atoms with Crippen LogP contribution in [0.2, 0.25) is 0 Å². The van der Waals surface area contributed by atoms with Gasteiger partial charge >= 0.3 is 6.03 Å². The second-order valence-electron chi connectivity index (χ2n) is 5.92. The number of methoxy groups -OCH3 is 1. The Hall–Kier alpha value is -1.75. The third kappa shape index (κ3) is 3.88. The van der Waals surface area contributed by atoms with Crippen LogP contribution < -0.4 is 15.4 Å². The Morgan fingerprint density at radius 2 is 2.24 bits per heavy atom. The average Bonchev–Trinajstić information content (AvgIpc) is 2.47. The standard InChI is InChI=1S/C16H24N2O3/c1-12-6-5-9-16(10-12,11-19)18-15(20)17-13-7-3-4-8-14(13)21-2/h3-4,7-8,12,19H,5-6,9-11H2,1-2H3,(H2,17,18,20). The van der Waals surface area contributed by atoms with E-state index in [-0.39, 0.29) is 12.6 Å². The molecule has 1 aromatic carbocycles. The highest BCUT2D eigenvalue weighted by molar-refractivity contribution is 5.91. The normalized spacial score (nSPS) is 25.2. The zero-order valence-electron chi connectivity index (χ0n) is 12.7. The Labute approximate surface area is 125 Å². The molecule has 2 amide bonds. The van der Waals surface area contributed by atoms with Crippen molar-refractivity contribution >= 4 is 11.7 Å². The number of anilines is 1. The smallest absolute Gasteiger partial charge is 0.319 e. The maximum absolute atomic E-state index is 12.2. The summed E-state index contributed by atoms with van der Waals surface area (Å²) in [5.41, 5.74) is 0.110. The van der Waals surface area contributed by atoms with E-state index in [9.17, 15) is 9.90 Å². The molecule has 2 rings (SSSR count). The largest absolute Gasteiger partial charge is 0.495 e. The number of aliphatic hydroxyl groups is 1. The highest BCUT2D eigenvalue weighted by Crippen LogP contribution is 2.32. The Morgan fingerprint density at radius 3 is 2.90 bits per heavy atom. The van der Waals surface area contributed by atoms with Crippen LogP contribution in [0.4, 0.5) is 10.5 Å². The summed E-state index contributed by atoms with van der Waals surface area (Å²) < 4.78 is 5.21. The van der Waals surface area contributed by atoms with Crippen LogP contribution in [0.25, 0.3) is 0 Å². The average molecular weight is 292 g/mol. The van der Waals surface area contributed by atoms with Gasteiger partial charge in [0.1, 0.15) is 5.75 Å². The second kappa shape index (κ2) is 6.80. The molecule has 0 bridgehead atoms. The monoisotopic (exact) mass is 292 g/mol. The maximum atomic E-state index is 12.2. The molecule has 1 aromatic rings. The molecule has 2 unspecified atom stereocenters. The fourth-order valence-electron chi connectivity index (χ4n) is 3.10. The van der Waals surface area contributed by atoms with Crippen molar-refractivity contribution in [2.75, 3.05) is 19.0 Å². The maximum Gasteiger partial charge on any atom is 0.319 e. The van der Waals surface area contributed by atoms with Crippen molar-refractivity contribution in [1.82, 2.24) is 5.32 Å². The quantitative estimate of drug-likeness (QED) is 0.799. The zero-order valence-corrected chi connectivity index (χ0v) is 12.7. The number of urea groups is 1. The highest BCUT2D eigenvalue weighted by atomic mass is 16.5. The highest BCUT2D eigenvalue weighted by Gasteiger charge is 2.35. The van der Waals surface area contributed by atoms with Crippen LogP contribution in [0.1, 0.15) is 32.6 Å². The first-order valence-corrected chi connectivity index (χ1v) is 7.41. The molecular weight excluding hydrogens is 268 g/mol. The third-order valence-corrected chi connectivity index (χ3v) is 4.13. The Morgan fingerprint density at radius 1 is 1.48 bits per heavy atom. The van der Waals surface area contributed by atoms with E-state index in [4.69, 9.17) is 4.74 Å². The van der Waals surface area contributed by atoms with Gasteiger partial charge in [-0.3, -0.25) is 0 Å². The summed E-state index contributed by atoms with van der Waals surface area (Å²) >= 11 is 0. The van der Waals surface area contributed by atoms with E-state index in [2.05, 4.69) is 17.6 Å². The molecule has 5 nitrogen and oxygen atoms in total. The number of amides is 2. The molecule has 0 saturated heterocycles. The molecule has 116 valence electrons. The van der Waals surface area contributed by atoms with Crippen LogP contribution in [-0.4, -0.2) is 30.4 Å². The van der Waals surface area contributed by atoms with Gasteiger partial charge in [0, 0.05) is 0 Å². The van der Waals surface area contributed by atoms with E-state index in [0.29, 0.717) is 17.4 Å². The van der Waals surface area contributed by atoms with Gasteiger partial charge in [-0.2, -0.15) is 0 Å². The number of nitrogens with one attached hydrogen (secondary N) is 2. The van der Waals surface area contributed by atoms with Crippen LogP contribution in [0.3, 0.4) is 0 Å². The van der Waals surface area contributed by atoms with Gasteiger partial charge in [0.25, 0.3) is 0 Å². The number of carbonyl (C=O) groups excluding carboxylic acids is 1. The number of rotatable bonds is 4. The van der Waals surface area contributed by atoms with Crippen molar-refractivity contribution < 1.29 is 14.6 Å². The number of hydrogen-bond acceptors (Lipinski definition) is 3. The van der Waals surface area contributed by atoms with Crippen molar-refractivity contribution in [1.29, 1.82) is 0 Å². The van der Waals surface area contributed by atoms with Gasteiger partial charge in [-0.05, 0) is 30.9 Å². The van der Waals surface area contributed by atoms with Crippen LogP contribution in [0, 0.1) is 5.92 Å². The molecular formula is C16H24N2O3. The molecule has 1 aliphatic rings. The summed E-state index contributed by atoms with van der Waals surface area (Å²) in [6.07, 6.45) is 3.80. The molecule has 1 fully saturated rings. The Bertz CT molecular complexity index is 492. The summed E-state index contributed by atoms with van der Waals surface area (Å²) in [5, 5.41) is 15.5. The molecule has 0 aliphatic heterocycles. The van der Waals surface area contributed by atoms with Crippen molar-refractivity contribution in [3.8, 4) is 5.75 Å². The van der Waals surface area contributed by atoms with E-state index in [0.717, 1.165) is 25.7 Å². The lowest BCUT2D eigenvalue weighted by molar-refractivity contribution is 0.108. The third-order valence-electron chi connectivity index (χ3n) is 4.13. The Balaban J connectivity index is 2.03. The van der Waals surface area contributed by atoms with Gasteiger partial charge in [-0.1, -0.05) is 31.9 Å². The van der Waals surface area contributed by atoms with Gasteiger partial charge < -0.3 is 20.5 Å². The number of carbonyl (C=O) groups is 1. The SMILES string of the molecule is COc1ccccc1NC(=O)NC1(CO)CCCC(C)C1.